The van der Waals surface area contributed by atoms with E-state index in [-0.39, 0.29) is 25.0 Å². The van der Waals surface area contributed by atoms with Gasteiger partial charge in [0.05, 0.1) is 6.42 Å². The molecule has 11 heteroatoms. The van der Waals surface area contributed by atoms with Crippen molar-refractivity contribution in [1.29, 1.82) is 0 Å². The molecule has 4 rings (SSSR count). The van der Waals surface area contributed by atoms with E-state index in [4.69, 9.17) is 4.74 Å². The van der Waals surface area contributed by atoms with Gasteiger partial charge >= 0.3 is 6.18 Å². The Kier molecular flexibility index (Phi) is 9.80. The second-order valence-corrected chi connectivity index (χ2v) is 10.3. The number of halogens is 3. The number of hydrogen-bond donors (Lipinski definition) is 2. The maximum Gasteiger partial charge on any atom is 0.390 e. The summed E-state index contributed by atoms with van der Waals surface area (Å²) in [5.74, 6) is -0.311. The van der Waals surface area contributed by atoms with Crippen LogP contribution in [0, 0.1) is 0 Å². The number of rotatable bonds is 12. The zero-order valence-electron chi connectivity index (χ0n) is 22.5. The number of hydrogen-bond acceptors (Lipinski definition) is 6. The van der Waals surface area contributed by atoms with Gasteiger partial charge in [-0.2, -0.15) is 13.2 Å². The molecule has 2 aliphatic rings. The van der Waals surface area contributed by atoms with Gasteiger partial charge in [0, 0.05) is 37.8 Å². The van der Waals surface area contributed by atoms with E-state index in [2.05, 4.69) is 10.6 Å². The van der Waals surface area contributed by atoms with Crippen molar-refractivity contribution in [3.8, 4) is 5.75 Å². The van der Waals surface area contributed by atoms with Gasteiger partial charge in [0.1, 0.15) is 17.9 Å². The van der Waals surface area contributed by atoms with Gasteiger partial charge in [0.25, 0.3) is 5.91 Å². The Bertz CT molecular complexity index is 1180. The van der Waals surface area contributed by atoms with E-state index >= 15 is 0 Å². The Labute approximate surface area is 231 Å². The van der Waals surface area contributed by atoms with Crippen LogP contribution in [-0.4, -0.2) is 72.0 Å². The molecule has 2 aromatic carbocycles. The standard InChI is InChI=1S/C29H35F3N4O4/c1-2-6-25(27(38)34-19-37)36-17-21-15-22(9-10-23(21)28(36)39)40-26-18-35(14-12-29(30,31)32)13-11-24(26)33-16-20-7-4-3-5-8-20/h3-5,7-10,15,19,24-26,33H,2,6,11-14,16-18H2,1H3,(H,34,37,38). The van der Waals surface area contributed by atoms with Gasteiger partial charge in [-0.05, 0) is 48.7 Å². The van der Waals surface area contributed by atoms with Crippen LogP contribution in [0.15, 0.2) is 48.5 Å². The second-order valence-electron chi connectivity index (χ2n) is 10.3. The van der Waals surface area contributed by atoms with Crippen LogP contribution in [-0.2, 0) is 22.7 Å². The molecule has 216 valence electrons. The van der Waals surface area contributed by atoms with E-state index in [0.717, 1.165) is 5.56 Å². The van der Waals surface area contributed by atoms with Crippen LogP contribution in [0.4, 0.5) is 13.2 Å². The van der Waals surface area contributed by atoms with Gasteiger partial charge in [-0.25, -0.2) is 0 Å². The number of imide groups is 1. The summed E-state index contributed by atoms with van der Waals surface area (Å²) in [6.45, 7) is 3.45. The number of nitrogens with one attached hydrogen (secondary N) is 2. The van der Waals surface area contributed by atoms with E-state index in [1.54, 1.807) is 23.1 Å². The molecule has 0 aromatic heterocycles. The van der Waals surface area contributed by atoms with Crippen molar-refractivity contribution in [3.63, 3.8) is 0 Å². The van der Waals surface area contributed by atoms with Gasteiger partial charge in [-0.3, -0.25) is 24.6 Å². The Morgan fingerprint density at radius 1 is 1.20 bits per heavy atom. The lowest BCUT2D eigenvalue weighted by Crippen LogP contribution is -2.55. The lowest BCUT2D eigenvalue weighted by molar-refractivity contribution is -0.139. The van der Waals surface area contributed by atoms with Crippen molar-refractivity contribution in [1.82, 2.24) is 20.4 Å². The van der Waals surface area contributed by atoms with Crippen molar-refractivity contribution in [2.75, 3.05) is 19.6 Å². The lowest BCUT2D eigenvalue weighted by Gasteiger charge is -2.39. The third kappa shape index (κ3) is 7.60. The fourth-order valence-corrected chi connectivity index (χ4v) is 5.34. The first-order valence-corrected chi connectivity index (χ1v) is 13.6. The summed E-state index contributed by atoms with van der Waals surface area (Å²) >= 11 is 0. The van der Waals surface area contributed by atoms with Gasteiger partial charge < -0.3 is 15.0 Å². The van der Waals surface area contributed by atoms with Crippen molar-refractivity contribution in [2.24, 2.45) is 0 Å². The molecule has 8 nitrogen and oxygen atoms in total. The Morgan fingerprint density at radius 3 is 2.67 bits per heavy atom. The molecule has 1 fully saturated rings. The summed E-state index contributed by atoms with van der Waals surface area (Å²) in [6, 6.07) is 14.1. The first kappa shape index (κ1) is 29.5. The van der Waals surface area contributed by atoms with E-state index in [9.17, 15) is 27.6 Å². The van der Waals surface area contributed by atoms with Gasteiger partial charge in [-0.15, -0.1) is 0 Å². The molecule has 2 aromatic rings. The molecular weight excluding hydrogens is 525 g/mol. The van der Waals surface area contributed by atoms with E-state index in [0.29, 0.717) is 62.2 Å². The molecule has 0 bridgehead atoms. The summed E-state index contributed by atoms with van der Waals surface area (Å²) in [5.41, 5.74) is 2.25. The highest BCUT2D eigenvalue weighted by molar-refractivity contribution is 6.02. The molecule has 0 saturated carbocycles. The predicted molar refractivity (Wildman–Crippen MR) is 142 cm³/mol. The molecule has 2 aliphatic heterocycles. The van der Waals surface area contributed by atoms with Crippen LogP contribution < -0.4 is 15.4 Å². The van der Waals surface area contributed by atoms with Crippen LogP contribution in [0.3, 0.4) is 0 Å². The SMILES string of the molecule is CCCC(C(=O)NC=O)N1Cc2cc(OC3CN(CCC(F)(F)F)CCC3NCc3ccccc3)ccc2C1=O. The second kappa shape index (κ2) is 13.3. The van der Waals surface area contributed by atoms with Gasteiger partial charge in [0.2, 0.25) is 12.3 Å². The molecule has 0 spiro atoms. The van der Waals surface area contributed by atoms with Crippen LogP contribution in [0.5, 0.6) is 5.75 Å². The zero-order valence-corrected chi connectivity index (χ0v) is 22.5. The number of piperidine rings is 1. The molecule has 2 N–H and O–H groups in total. The minimum absolute atomic E-state index is 0.0882. The number of nitrogens with zero attached hydrogens (tertiary/aromatic N) is 2. The third-order valence-corrected chi connectivity index (χ3v) is 7.40. The normalized spacial score (nSPS) is 20.2. The number of benzene rings is 2. The van der Waals surface area contributed by atoms with E-state index in [1.165, 1.54) is 4.90 Å². The van der Waals surface area contributed by atoms with Gasteiger partial charge in [-0.1, -0.05) is 43.7 Å². The number of amides is 3. The van der Waals surface area contributed by atoms with Crippen LogP contribution in [0.2, 0.25) is 0 Å². The lowest BCUT2D eigenvalue weighted by atomic mass is 10.0. The summed E-state index contributed by atoms with van der Waals surface area (Å²) in [5, 5.41) is 5.66. The van der Waals surface area contributed by atoms with Gasteiger partial charge in [0.15, 0.2) is 0 Å². The maximum absolute atomic E-state index is 13.1. The minimum atomic E-state index is -4.23. The summed E-state index contributed by atoms with van der Waals surface area (Å²) in [7, 11) is 0. The summed E-state index contributed by atoms with van der Waals surface area (Å²) in [6.07, 6.45) is -3.53. The van der Waals surface area contributed by atoms with Crippen LogP contribution >= 0.6 is 0 Å². The van der Waals surface area contributed by atoms with Crippen molar-refractivity contribution >= 4 is 18.2 Å². The number of ether oxygens (including phenoxy) is 1. The highest BCUT2D eigenvalue weighted by atomic mass is 19.4. The molecular formula is C29H35F3N4O4. The number of carbonyl (C=O) groups excluding carboxylic acids is 3. The summed E-state index contributed by atoms with van der Waals surface area (Å²) < 4.78 is 45.0. The molecule has 0 radical (unpaired) electrons. The average Bonchev–Trinajstić information content (AvgIpc) is 3.25. The minimum Gasteiger partial charge on any atom is -0.487 e. The maximum atomic E-state index is 13.1. The molecule has 2 heterocycles. The first-order chi connectivity index (χ1) is 19.2. The Balaban J connectivity index is 1.48. The number of carbonyl (C=O) groups is 3. The fraction of sp³-hybridized carbons (Fsp3) is 0.483. The van der Waals surface area contributed by atoms with Crippen molar-refractivity contribution in [3.05, 3.63) is 65.2 Å². The third-order valence-electron chi connectivity index (χ3n) is 7.40. The zero-order chi connectivity index (χ0) is 28.7. The highest BCUT2D eigenvalue weighted by Crippen LogP contribution is 2.31. The molecule has 3 unspecified atom stereocenters. The van der Waals surface area contributed by atoms with Crippen LogP contribution in [0.1, 0.15) is 54.1 Å². The monoisotopic (exact) mass is 560 g/mol. The molecule has 3 atom stereocenters. The fourth-order valence-electron chi connectivity index (χ4n) is 5.34. The smallest absolute Gasteiger partial charge is 0.390 e. The Hall–Kier alpha value is -3.44. The molecule has 1 saturated heterocycles. The Morgan fingerprint density at radius 2 is 1.98 bits per heavy atom. The largest absolute Gasteiger partial charge is 0.487 e. The molecule has 40 heavy (non-hydrogen) atoms. The predicted octanol–water partition coefficient (Wildman–Crippen LogP) is 3.65. The first-order valence-electron chi connectivity index (χ1n) is 13.6. The highest BCUT2D eigenvalue weighted by Gasteiger charge is 2.37. The quantitative estimate of drug-likeness (QED) is 0.386. The van der Waals surface area contributed by atoms with E-state index < -0.39 is 30.7 Å². The van der Waals surface area contributed by atoms with E-state index in [1.807, 2.05) is 37.3 Å². The van der Waals surface area contributed by atoms with Crippen LogP contribution in [0.25, 0.3) is 0 Å². The topological polar surface area (TPSA) is 91.0 Å². The molecule has 3 amide bonds. The van der Waals surface area contributed by atoms with Crippen molar-refractivity contribution < 1.29 is 32.3 Å². The molecule has 0 aliphatic carbocycles. The van der Waals surface area contributed by atoms with Crippen molar-refractivity contribution in [2.45, 2.75) is 70.1 Å². The number of alkyl halides is 3. The summed E-state index contributed by atoms with van der Waals surface area (Å²) in [4.78, 5) is 39.6. The number of likely N-dealkylation sites (tertiary alicyclic amines) is 1. The number of fused-ring (bicyclic) bond motifs is 1. The average molecular weight is 561 g/mol.